The third kappa shape index (κ3) is 3.68. The van der Waals surface area contributed by atoms with Crippen LogP contribution in [0.25, 0.3) is 0 Å². The molecule has 0 aromatic heterocycles. The molecular weight excluding hydrogens is 354 g/mol. The molecular formula is C17H15Cl2FN2O2. The molecule has 3 amide bonds. The van der Waals surface area contributed by atoms with Crippen LogP contribution in [-0.4, -0.2) is 30.4 Å². The highest BCUT2D eigenvalue weighted by Crippen LogP contribution is 2.23. The first-order valence-corrected chi connectivity index (χ1v) is 7.91. The molecule has 0 atom stereocenters. The van der Waals surface area contributed by atoms with Crippen LogP contribution < -0.4 is 4.90 Å². The van der Waals surface area contributed by atoms with E-state index in [1.54, 1.807) is 31.2 Å². The highest BCUT2D eigenvalue weighted by atomic mass is 35.5. The number of halogens is 3. The second-order valence-corrected chi connectivity index (χ2v) is 5.81. The maximum absolute atomic E-state index is 13.9. The van der Waals surface area contributed by atoms with Crippen molar-refractivity contribution in [2.45, 2.75) is 6.92 Å². The molecule has 2 rings (SSSR count). The van der Waals surface area contributed by atoms with Gasteiger partial charge in [0.05, 0.1) is 10.6 Å². The van der Waals surface area contributed by atoms with Crippen molar-refractivity contribution in [1.29, 1.82) is 0 Å². The second kappa shape index (κ2) is 7.64. The first-order chi connectivity index (χ1) is 11.4. The van der Waals surface area contributed by atoms with Crippen LogP contribution in [0.1, 0.15) is 17.3 Å². The Bertz CT molecular complexity index is 745. The molecule has 0 spiro atoms. The van der Waals surface area contributed by atoms with Gasteiger partial charge in [0, 0.05) is 24.3 Å². The van der Waals surface area contributed by atoms with Gasteiger partial charge in [-0.1, -0.05) is 29.3 Å². The fourth-order valence-electron chi connectivity index (χ4n) is 2.19. The van der Waals surface area contributed by atoms with Gasteiger partial charge in [0.15, 0.2) is 0 Å². The lowest BCUT2D eigenvalue weighted by Gasteiger charge is -2.26. The summed E-state index contributed by atoms with van der Waals surface area (Å²) in [6, 6.07) is 9.92. The van der Waals surface area contributed by atoms with E-state index in [1.165, 1.54) is 24.1 Å². The van der Waals surface area contributed by atoms with Crippen molar-refractivity contribution in [2.24, 2.45) is 0 Å². The first kappa shape index (κ1) is 18.2. The Hall–Kier alpha value is -2.11. The zero-order valence-corrected chi connectivity index (χ0v) is 14.6. The minimum Gasteiger partial charge on any atom is -0.294 e. The van der Waals surface area contributed by atoms with Crippen LogP contribution >= 0.6 is 23.2 Å². The number of hydrogen-bond donors (Lipinski definition) is 0. The van der Waals surface area contributed by atoms with E-state index in [1.807, 2.05) is 0 Å². The SMILES string of the molecule is CCN(C(=O)N(C)C(=O)c1c(F)cccc1Cl)c1ccc(Cl)cc1. The van der Waals surface area contributed by atoms with Gasteiger partial charge >= 0.3 is 6.03 Å². The quantitative estimate of drug-likeness (QED) is 0.776. The number of rotatable bonds is 3. The van der Waals surface area contributed by atoms with Gasteiger partial charge in [-0.05, 0) is 43.3 Å². The van der Waals surface area contributed by atoms with Crippen molar-refractivity contribution in [3.05, 3.63) is 63.9 Å². The van der Waals surface area contributed by atoms with E-state index in [4.69, 9.17) is 23.2 Å². The minimum atomic E-state index is -0.810. The van der Waals surface area contributed by atoms with Gasteiger partial charge in [-0.15, -0.1) is 0 Å². The van der Waals surface area contributed by atoms with E-state index in [0.29, 0.717) is 17.3 Å². The van der Waals surface area contributed by atoms with Crippen LogP contribution in [0.3, 0.4) is 0 Å². The van der Waals surface area contributed by atoms with Crippen molar-refractivity contribution in [3.8, 4) is 0 Å². The molecule has 7 heteroatoms. The highest BCUT2D eigenvalue weighted by molar-refractivity contribution is 6.34. The number of anilines is 1. The Labute approximate surface area is 149 Å². The Balaban J connectivity index is 2.30. The van der Waals surface area contributed by atoms with Gasteiger partial charge in [-0.25, -0.2) is 9.18 Å². The number of imide groups is 1. The predicted octanol–water partition coefficient (Wildman–Crippen LogP) is 4.85. The maximum atomic E-state index is 13.9. The molecule has 0 unspecified atom stereocenters. The van der Waals surface area contributed by atoms with Crippen LogP contribution in [-0.2, 0) is 0 Å². The monoisotopic (exact) mass is 368 g/mol. The molecule has 2 aromatic carbocycles. The van der Waals surface area contributed by atoms with Crippen molar-refractivity contribution >= 4 is 40.8 Å². The van der Waals surface area contributed by atoms with Crippen LogP contribution in [0.5, 0.6) is 0 Å². The number of urea groups is 1. The van der Waals surface area contributed by atoms with Gasteiger partial charge in [0.2, 0.25) is 0 Å². The average molecular weight is 369 g/mol. The normalized spacial score (nSPS) is 10.4. The Morgan fingerprint density at radius 2 is 1.71 bits per heavy atom. The lowest BCUT2D eigenvalue weighted by Crippen LogP contribution is -2.44. The minimum absolute atomic E-state index is 0.0470. The van der Waals surface area contributed by atoms with E-state index in [2.05, 4.69) is 0 Å². The fourth-order valence-corrected chi connectivity index (χ4v) is 2.56. The van der Waals surface area contributed by atoms with Crippen molar-refractivity contribution in [2.75, 3.05) is 18.5 Å². The zero-order chi connectivity index (χ0) is 17.9. The standard InChI is InChI=1S/C17H15Cl2FN2O2/c1-3-22(12-9-7-11(18)8-10-12)17(24)21(2)16(23)15-13(19)5-4-6-14(15)20/h4-10H,3H2,1-2H3. The van der Waals surface area contributed by atoms with E-state index < -0.39 is 17.8 Å². The van der Waals surface area contributed by atoms with Crippen LogP contribution in [0.2, 0.25) is 10.0 Å². The molecule has 0 heterocycles. The van der Waals surface area contributed by atoms with Gasteiger partial charge in [0.1, 0.15) is 5.82 Å². The number of carbonyl (C=O) groups is 2. The summed E-state index contributed by atoms with van der Waals surface area (Å²) < 4.78 is 13.9. The van der Waals surface area contributed by atoms with Crippen molar-refractivity contribution in [3.63, 3.8) is 0 Å². The van der Waals surface area contributed by atoms with Crippen LogP contribution in [0.4, 0.5) is 14.9 Å². The lowest BCUT2D eigenvalue weighted by atomic mass is 10.2. The van der Waals surface area contributed by atoms with Crippen molar-refractivity contribution < 1.29 is 14.0 Å². The lowest BCUT2D eigenvalue weighted by molar-refractivity contribution is 0.0832. The molecule has 2 aromatic rings. The molecule has 24 heavy (non-hydrogen) atoms. The molecule has 0 aliphatic heterocycles. The third-order valence-electron chi connectivity index (χ3n) is 3.45. The molecule has 0 radical (unpaired) electrons. The first-order valence-electron chi connectivity index (χ1n) is 7.16. The largest absolute Gasteiger partial charge is 0.331 e. The molecule has 4 nitrogen and oxygen atoms in total. The average Bonchev–Trinajstić information content (AvgIpc) is 2.56. The summed E-state index contributed by atoms with van der Waals surface area (Å²) in [6.07, 6.45) is 0. The summed E-state index contributed by atoms with van der Waals surface area (Å²) in [6.45, 7) is 2.09. The van der Waals surface area contributed by atoms with Crippen LogP contribution in [0, 0.1) is 5.82 Å². The van der Waals surface area contributed by atoms with E-state index >= 15 is 0 Å². The molecule has 0 saturated carbocycles. The number of carbonyl (C=O) groups excluding carboxylic acids is 2. The number of amides is 3. The molecule has 0 aliphatic rings. The second-order valence-electron chi connectivity index (χ2n) is 4.96. The summed E-state index contributed by atoms with van der Waals surface area (Å²) in [5, 5.41) is 0.485. The Kier molecular flexibility index (Phi) is 5.80. The predicted molar refractivity (Wildman–Crippen MR) is 93.4 cm³/mol. The van der Waals surface area contributed by atoms with E-state index in [-0.39, 0.29) is 10.6 Å². The smallest absolute Gasteiger partial charge is 0.294 e. The van der Waals surface area contributed by atoms with Gasteiger partial charge in [0.25, 0.3) is 5.91 Å². The molecule has 0 bridgehead atoms. The van der Waals surface area contributed by atoms with E-state index in [9.17, 15) is 14.0 Å². The van der Waals surface area contributed by atoms with Crippen LogP contribution in [0.15, 0.2) is 42.5 Å². The number of benzene rings is 2. The molecule has 126 valence electrons. The summed E-state index contributed by atoms with van der Waals surface area (Å²) >= 11 is 11.7. The summed E-state index contributed by atoms with van der Waals surface area (Å²) in [5.74, 6) is -1.59. The fraction of sp³-hybridized carbons (Fsp3) is 0.176. The summed E-state index contributed by atoms with van der Waals surface area (Å²) in [4.78, 5) is 27.3. The number of hydrogen-bond acceptors (Lipinski definition) is 2. The van der Waals surface area contributed by atoms with Gasteiger partial charge in [-0.3, -0.25) is 14.6 Å². The number of nitrogens with zero attached hydrogens (tertiary/aromatic N) is 2. The molecule has 0 saturated heterocycles. The Morgan fingerprint density at radius 3 is 2.25 bits per heavy atom. The summed E-state index contributed by atoms with van der Waals surface area (Å²) in [7, 11) is 1.28. The summed E-state index contributed by atoms with van der Waals surface area (Å²) in [5.41, 5.74) is 0.244. The molecule has 0 aliphatic carbocycles. The highest BCUT2D eigenvalue weighted by Gasteiger charge is 2.27. The molecule has 0 N–H and O–H groups in total. The maximum Gasteiger partial charge on any atom is 0.331 e. The third-order valence-corrected chi connectivity index (χ3v) is 4.02. The van der Waals surface area contributed by atoms with E-state index in [0.717, 1.165) is 11.0 Å². The Morgan fingerprint density at radius 1 is 1.08 bits per heavy atom. The molecule has 0 fully saturated rings. The zero-order valence-electron chi connectivity index (χ0n) is 13.1. The van der Waals surface area contributed by atoms with Gasteiger partial charge < -0.3 is 0 Å². The van der Waals surface area contributed by atoms with Crippen molar-refractivity contribution in [1.82, 2.24) is 4.90 Å². The topological polar surface area (TPSA) is 40.6 Å². The van der Waals surface area contributed by atoms with Gasteiger partial charge in [-0.2, -0.15) is 0 Å².